The minimum absolute atomic E-state index is 0.161. The quantitative estimate of drug-likeness (QED) is 0.563. The normalized spacial score (nSPS) is 9.70. The molecule has 0 aromatic carbocycles. The molecule has 0 fully saturated rings. The Labute approximate surface area is 57.8 Å². The Bertz CT molecular complexity index is 242. The standard InChI is InChI=1S/C5H8N4O/c1-9-7-3-4(8-9)2-5(6)10/h3H,2H2,1H3,(H2,6,10). The minimum atomic E-state index is -0.388. The number of nitrogens with zero attached hydrogens (tertiary/aromatic N) is 3. The SMILES string of the molecule is Cn1ncc(CC(N)=O)n1. The number of hydrogen-bond donors (Lipinski definition) is 1. The number of carbonyl (C=O) groups excluding carboxylic acids is 1. The van der Waals surface area contributed by atoms with Gasteiger partial charge in [0.2, 0.25) is 5.91 Å². The summed E-state index contributed by atoms with van der Waals surface area (Å²) in [5.41, 5.74) is 5.52. The molecule has 1 heterocycles. The highest BCUT2D eigenvalue weighted by Crippen LogP contribution is 1.89. The highest BCUT2D eigenvalue weighted by molar-refractivity contribution is 5.75. The van der Waals surface area contributed by atoms with E-state index in [1.165, 1.54) is 11.0 Å². The first-order valence-electron chi connectivity index (χ1n) is 2.82. The summed E-state index contributed by atoms with van der Waals surface area (Å²) in [6.07, 6.45) is 1.68. The van der Waals surface area contributed by atoms with Gasteiger partial charge in [-0.3, -0.25) is 4.79 Å². The number of rotatable bonds is 2. The fourth-order valence-corrected chi connectivity index (χ4v) is 0.647. The second-order valence-corrected chi connectivity index (χ2v) is 1.97. The van der Waals surface area contributed by atoms with Crippen molar-refractivity contribution >= 4 is 5.91 Å². The van der Waals surface area contributed by atoms with E-state index in [9.17, 15) is 4.79 Å². The molecule has 0 saturated heterocycles. The van der Waals surface area contributed by atoms with E-state index in [1.807, 2.05) is 0 Å². The number of nitrogens with two attached hydrogens (primary N) is 1. The molecular formula is C5H8N4O. The third kappa shape index (κ3) is 1.54. The van der Waals surface area contributed by atoms with E-state index in [-0.39, 0.29) is 12.3 Å². The summed E-state index contributed by atoms with van der Waals surface area (Å²) in [6.45, 7) is 0. The van der Waals surface area contributed by atoms with Gasteiger partial charge in [-0.25, -0.2) is 0 Å². The van der Waals surface area contributed by atoms with Gasteiger partial charge in [-0.2, -0.15) is 15.0 Å². The Morgan fingerprint density at radius 3 is 3.00 bits per heavy atom. The molecule has 5 heteroatoms. The van der Waals surface area contributed by atoms with Crippen molar-refractivity contribution in [3.8, 4) is 0 Å². The fraction of sp³-hybridized carbons (Fsp3) is 0.400. The molecule has 1 amide bonds. The Kier molecular flexibility index (Phi) is 1.66. The lowest BCUT2D eigenvalue weighted by Crippen LogP contribution is -2.14. The lowest BCUT2D eigenvalue weighted by atomic mass is 10.3. The zero-order valence-electron chi connectivity index (χ0n) is 5.61. The van der Waals surface area contributed by atoms with Crippen LogP contribution >= 0.6 is 0 Å². The van der Waals surface area contributed by atoms with Crippen LogP contribution in [0.5, 0.6) is 0 Å². The molecule has 2 N–H and O–H groups in total. The van der Waals surface area contributed by atoms with Gasteiger partial charge >= 0.3 is 0 Å². The van der Waals surface area contributed by atoms with Gasteiger partial charge in [0.05, 0.1) is 18.3 Å². The average molecular weight is 140 g/mol. The van der Waals surface area contributed by atoms with E-state index in [1.54, 1.807) is 7.05 Å². The van der Waals surface area contributed by atoms with Crippen molar-refractivity contribution in [1.82, 2.24) is 15.0 Å². The van der Waals surface area contributed by atoms with Crippen LogP contribution in [0, 0.1) is 0 Å². The number of primary amides is 1. The van der Waals surface area contributed by atoms with Crippen molar-refractivity contribution in [2.24, 2.45) is 12.8 Å². The maximum Gasteiger partial charge on any atom is 0.223 e. The molecule has 1 rings (SSSR count). The van der Waals surface area contributed by atoms with Gasteiger partial charge in [0.25, 0.3) is 0 Å². The second kappa shape index (κ2) is 2.47. The summed E-state index contributed by atoms with van der Waals surface area (Å²) in [7, 11) is 1.69. The van der Waals surface area contributed by atoms with E-state index in [0.29, 0.717) is 5.69 Å². The van der Waals surface area contributed by atoms with Crippen LogP contribution in [0.15, 0.2) is 6.20 Å². The van der Waals surface area contributed by atoms with E-state index in [0.717, 1.165) is 0 Å². The van der Waals surface area contributed by atoms with Gasteiger partial charge in [0, 0.05) is 7.05 Å². The average Bonchev–Trinajstić information content (AvgIpc) is 2.13. The summed E-state index contributed by atoms with van der Waals surface area (Å²) >= 11 is 0. The topological polar surface area (TPSA) is 73.8 Å². The minimum Gasteiger partial charge on any atom is -0.369 e. The molecule has 0 atom stereocenters. The van der Waals surface area contributed by atoms with Gasteiger partial charge < -0.3 is 5.73 Å². The number of amides is 1. The van der Waals surface area contributed by atoms with Crippen molar-refractivity contribution in [2.45, 2.75) is 6.42 Å². The summed E-state index contributed by atoms with van der Waals surface area (Å²) in [5, 5.41) is 7.62. The molecule has 0 saturated carbocycles. The number of aryl methyl sites for hydroxylation is 1. The molecule has 1 aromatic rings. The fourth-order valence-electron chi connectivity index (χ4n) is 0.647. The molecule has 10 heavy (non-hydrogen) atoms. The van der Waals surface area contributed by atoms with Crippen LogP contribution in [0.4, 0.5) is 0 Å². The summed E-state index contributed by atoms with van der Waals surface area (Å²) in [4.78, 5) is 11.7. The molecule has 0 aliphatic heterocycles. The highest BCUT2D eigenvalue weighted by atomic mass is 16.1. The van der Waals surface area contributed by atoms with Crippen LogP contribution in [0.2, 0.25) is 0 Å². The van der Waals surface area contributed by atoms with Gasteiger partial charge in [-0.05, 0) is 0 Å². The van der Waals surface area contributed by atoms with Gasteiger partial charge in [0.15, 0.2) is 0 Å². The van der Waals surface area contributed by atoms with Crippen LogP contribution in [-0.2, 0) is 18.3 Å². The summed E-state index contributed by atoms with van der Waals surface area (Å²) < 4.78 is 0. The molecule has 0 radical (unpaired) electrons. The molecule has 5 nitrogen and oxygen atoms in total. The second-order valence-electron chi connectivity index (χ2n) is 1.97. The maximum absolute atomic E-state index is 10.3. The predicted molar refractivity (Wildman–Crippen MR) is 33.9 cm³/mol. The summed E-state index contributed by atoms with van der Waals surface area (Å²) in [6, 6.07) is 0. The van der Waals surface area contributed by atoms with Crippen molar-refractivity contribution in [3.63, 3.8) is 0 Å². The molecule has 54 valence electrons. The zero-order chi connectivity index (χ0) is 7.56. The molecule has 0 aliphatic rings. The first-order chi connectivity index (χ1) is 4.68. The van der Waals surface area contributed by atoms with Crippen molar-refractivity contribution < 1.29 is 4.79 Å². The third-order valence-electron chi connectivity index (χ3n) is 1.00. The van der Waals surface area contributed by atoms with Gasteiger partial charge in [-0.1, -0.05) is 0 Å². The van der Waals surface area contributed by atoms with Crippen LogP contribution in [0.3, 0.4) is 0 Å². The van der Waals surface area contributed by atoms with E-state index in [2.05, 4.69) is 10.2 Å². The van der Waals surface area contributed by atoms with E-state index >= 15 is 0 Å². The molecule has 0 bridgehead atoms. The Hall–Kier alpha value is -1.39. The van der Waals surface area contributed by atoms with Crippen LogP contribution in [0.1, 0.15) is 5.69 Å². The number of carbonyl (C=O) groups is 1. The van der Waals surface area contributed by atoms with Crippen LogP contribution in [-0.4, -0.2) is 20.9 Å². The Balaban J connectivity index is 2.67. The van der Waals surface area contributed by atoms with E-state index < -0.39 is 0 Å². The monoisotopic (exact) mass is 140 g/mol. The van der Waals surface area contributed by atoms with Crippen molar-refractivity contribution in [2.75, 3.05) is 0 Å². The molecule has 0 spiro atoms. The van der Waals surface area contributed by atoms with Gasteiger partial charge in [0.1, 0.15) is 0 Å². The first kappa shape index (κ1) is 6.73. The molecule has 0 unspecified atom stereocenters. The van der Waals surface area contributed by atoms with Crippen molar-refractivity contribution in [3.05, 3.63) is 11.9 Å². The maximum atomic E-state index is 10.3. The zero-order valence-corrected chi connectivity index (χ0v) is 5.61. The Morgan fingerprint density at radius 1 is 1.90 bits per heavy atom. The largest absolute Gasteiger partial charge is 0.369 e. The number of hydrogen-bond acceptors (Lipinski definition) is 3. The van der Waals surface area contributed by atoms with Crippen LogP contribution < -0.4 is 5.73 Å². The summed E-state index contributed by atoms with van der Waals surface area (Å²) in [5.74, 6) is -0.388. The lowest BCUT2D eigenvalue weighted by molar-refractivity contribution is -0.117. The van der Waals surface area contributed by atoms with Crippen LogP contribution in [0.25, 0.3) is 0 Å². The highest BCUT2D eigenvalue weighted by Gasteiger charge is 2.00. The molecular weight excluding hydrogens is 132 g/mol. The Morgan fingerprint density at radius 2 is 2.60 bits per heavy atom. The van der Waals surface area contributed by atoms with Gasteiger partial charge in [-0.15, -0.1) is 0 Å². The van der Waals surface area contributed by atoms with Crippen molar-refractivity contribution in [1.29, 1.82) is 0 Å². The first-order valence-corrected chi connectivity index (χ1v) is 2.82. The number of aromatic nitrogens is 3. The lowest BCUT2D eigenvalue weighted by Gasteiger charge is -1.85. The molecule has 1 aromatic heterocycles. The smallest absolute Gasteiger partial charge is 0.223 e. The van der Waals surface area contributed by atoms with E-state index in [4.69, 9.17) is 5.73 Å². The predicted octanol–water partition coefficient (Wildman–Crippen LogP) is -1.16. The third-order valence-corrected chi connectivity index (χ3v) is 1.00. The molecule has 0 aliphatic carbocycles.